The molecule has 5 rings (SSSR count). The molecule has 6 nitrogen and oxygen atoms in total. The highest BCUT2D eigenvalue weighted by Crippen LogP contribution is 2.36. The molecule has 2 heterocycles. The van der Waals surface area contributed by atoms with E-state index in [0.29, 0.717) is 28.3 Å². The van der Waals surface area contributed by atoms with Crippen molar-refractivity contribution < 1.29 is 19.1 Å². The largest absolute Gasteiger partial charge is 0.454 e. The fraction of sp³-hybridized carbons (Fsp3) is 0.120. The standard InChI is InChI=1S/C25H20N2O4/c1-16-7-9-18(10-8-16)22-23(26-19-11-12-20-21(13-19)31-15-30-20)25(29)27(24(22)28)14-17-5-3-2-4-6-17/h2-13,26H,14-15H2,1H3. The van der Waals surface area contributed by atoms with Crippen LogP contribution in [0.3, 0.4) is 0 Å². The summed E-state index contributed by atoms with van der Waals surface area (Å²) in [5.41, 5.74) is 3.92. The van der Waals surface area contributed by atoms with Gasteiger partial charge in [-0.25, -0.2) is 0 Å². The molecule has 3 aromatic rings. The van der Waals surface area contributed by atoms with Gasteiger partial charge in [0.05, 0.1) is 12.1 Å². The average molecular weight is 412 g/mol. The van der Waals surface area contributed by atoms with Crippen LogP contribution in [0.15, 0.2) is 78.5 Å². The van der Waals surface area contributed by atoms with Crippen molar-refractivity contribution in [2.75, 3.05) is 12.1 Å². The van der Waals surface area contributed by atoms with Gasteiger partial charge in [0.1, 0.15) is 5.70 Å². The lowest BCUT2D eigenvalue weighted by molar-refractivity contribution is -0.137. The highest BCUT2D eigenvalue weighted by molar-refractivity contribution is 6.36. The topological polar surface area (TPSA) is 67.9 Å². The summed E-state index contributed by atoms with van der Waals surface area (Å²) in [6.45, 7) is 2.35. The van der Waals surface area contributed by atoms with E-state index < -0.39 is 0 Å². The summed E-state index contributed by atoms with van der Waals surface area (Å²) in [5, 5.41) is 3.16. The number of nitrogens with one attached hydrogen (secondary N) is 1. The van der Waals surface area contributed by atoms with E-state index in [4.69, 9.17) is 9.47 Å². The Morgan fingerprint density at radius 1 is 0.871 bits per heavy atom. The van der Waals surface area contributed by atoms with Crippen molar-refractivity contribution in [1.29, 1.82) is 0 Å². The first-order valence-corrected chi connectivity index (χ1v) is 9.98. The van der Waals surface area contributed by atoms with E-state index in [1.165, 1.54) is 4.90 Å². The number of amides is 2. The smallest absolute Gasteiger partial charge is 0.278 e. The minimum atomic E-state index is -0.359. The molecule has 0 aromatic heterocycles. The summed E-state index contributed by atoms with van der Waals surface area (Å²) in [6, 6.07) is 22.4. The Balaban J connectivity index is 1.53. The van der Waals surface area contributed by atoms with E-state index in [9.17, 15) is 9.59 Å². The number of ether oxygens (including phenoxy) is 2. The van der Waals surface area contributed by atoms with Crippen LogP contribution in [-0.4, -0.2) is 23.5 Å². The van der Waals surface area contributed by atoms with Crippen LogP contribution in [-0.2, 0) is 16.1 Å². The normalized spacial score (nSPS) is 15.1. The lowest BCUT2D eigenvalue weighted by atomic mass is 10.0. The van der Waals surface area contributed by atoms with E-state index >= 15 is 0 Å². The van der Waals surface area contributed by atoms with Crippen LogP contribution in [0.25, 0.3) is 5.57 Å². The Morgan fingerprint density at radius 2 is 1.61 bits per heavy atom. The minimum absolute atomic E-state index is 0.165. The number of nitrogens with zero attached hydrogens (tertiary/aromatic N) is 1. The molecule has 0 unspecified atom stereocenters. The van der Waals surface area contributed by atoms with Gasteiger partial charge in [0.15, 0.2) is 11.5 Å². The third kappa shape index (κ3) is 3.53. The maximum Gasteiger partial charge on any atom is 0.278 e. The molecule has 154 valence electrons. The van der Waals surface area contributed by atoms with Crippen LogP contribution in [0.2, 0.25) is 0 Å². The second-order valence-corrected chi connectivity index (χ2v) is 7.49. The number of aryl methyl sites for hydroxylation is 1. The van der Waals surface area contributed by atoms with Crippen LogP contribution >= 0.6 is 0 Å². The summed E-state index contributed by atoms with van der Waals surface area (Å²) >= 11 is 0. The number of anilines is 1. The van der Waals surface area contributed by atoms with Crippen molar-refractivity contribution in [2.45, 2.75) is 13.5 Å². The van der Waals surface area contributed by atoms with Crippen molar-refractivity contribution in [3.05, 3.63) is 95.2 Å². The Bertz CT molecular complexity index is 1200. The first-order valence-electron chi connectivity index (χ1n) is 9.98. The minimum Gasteiger partial charge on any atom is -0.454 e. The zero-order valence-corrected chi connectivity index (χ0v) is 16.9. The number of rotatable bonds is 5. The molecule has 0 bridgehead atoms. The van der Waals surface area contributed by atoms with Crippen molar-refractivity contribution in [3.8, 4) is 11.5 Å². The van der Waals surface area contributed by atoms with Crippen LogP contribution in [0.5, 0.6) is 11.5 Å². The molecular formula is C25H20N2O4. The van der Waals surface area contributed by atoms with E-state index in [0.717, 1.165) is 11.1 Å². The lowest BCUT2D eigenvalue weighted by Crippen LogP contribution is -2.31. The van der Waals surface area contributed by atoms with Crippen LogP contribution in [0, 0.1) is 6.92 Å². The van der Waals surface area contributed by atoms with Crippen LogP contribution in [0.4, 0.5) is 5.69 Å². The molecule has 0 saturated carbocycles. The number of fused-ring (bicyclic) bond motifs is 1. The Hall–Kier alpha value is -4.06. The molecule has 0 atom stereocenters. The number of carbonyl (C=O) groups is 2. The fourth-order valence-electron chi connectivity index (χ4n) is 3.71. The number of carbonyl (C=O) groups excluding carboxylic acids is 2. The van der Waals surface area contributed by atoms with Gasteiger partial charge in [0.2, 0.25) is 6.79 Å². The lowest BCUT2D eigenvalue weighted by Gasteiger charge is -2.15. The molecule has 2 aliphatic heterocycles. The third-order valence-electron chi connectivity index (χ3n) is 5.33. The van der Waals surface area contributed by atoms with Crippen LogP contribution in [0.1, 0.15) is 16.7 Å². The van der Waals surface area contributed by atoms with Gasteiger partial charge < -0.3 is 14.8 Å². The van der Waals surface area contributed by atoms with Gasteiger partial charge in [-0.05, 0) is 30.2 Å². The van der Waals surface area contributed by atoms with E-state index in [1.54, 1.807) is 18.2 Å². The van der Waals surface area contributed by atoms with Gasteiger partial charge in [-0.3, -0.25) is 14.5 Å². The van der Waals surface area contributed by atoms with Gasteiger partial charge in [0.25, 0.3) is 11.8 Å². The number of hydrogen-bond donors (Lipinski definition) is 1. The summed E-state index contributed by atoms with van der Waals surface area (Å²) in [4.78, 5) is 28.0. The molecule has 2 aliphatic rings. The van der Waals surface area contributed by atoms with Crippen molar-refractivity contribution >= 4 is 23.1 Å². The van der Waals surface area contributed by atoms with Crippen molar-refractivity contribution in [1.82, 2.24) is 4.90 Å². The summed E-state index contributed by atoms with van der Waals surface area (Å²) in [5.74, 6) is 0.571. The number of hydrogen-bond acceptors (Lipinski definition) is 5. The van der Waals surface area contributed by atoms with E-state index in [1.807, 2.05) is 61.5 Å². The molecule has 0 radical (unpaired) electrons. The quantitative estimate of drug-likeness (QED) is 0.639. The number of imide groups is 1. The summed E-state index contributed by atoms with van der Waals surface area (Å²) < 4.78 is 10.8. The molecule has 0 aliphatic carbocycles. The maximum atomic E-state index is 13.4. The third-order valence-corrected chi connectivity index (χ3v) is 5.33. The van der Waals surface area contributed by atoms with Crippen LogP contribution < -0.4 is 14.8 Å². The Morgan fingerprint density at radius 3 is 2.39 bits per heavy atom. The number of benzene rings is 3. The van der Waals surface area contributed by atoms with Gasteiger partial charge in [0, 0.05) is 11.8 Å². The van der Waals surface area contributed by atoms with E-state index in [-0.39, 0.29) is 30.8 Å². The SMILES string of the molecule is Cc1ccc(C2=C(Nc3ccc4c(c3)OCO4)C(=O)N(Cc3ccccc3)C2=O)cc1. The zero-order chi connectivity index (χ0) is 21.4. The van der Waals surface area contributed by atoms with E-state index in [2.05, 4.69) is 5.32 Å². The highest BCUT2D eigenvalue weighted by atomic mass is 16.7. The Kier molecular flexibility index (Phi) is 4.67. The molecule has 0 saturated heterocycles. The second kappa shape index (κ2) is 7.65. The monoisotopic (exact) mass is 412 g/mol. The van der Waals surface area contributed by atoms with Crippen molar-refractivity contribution in [2.24, 2.45) is 0 Å². The average Bonchev–Trinajstić information content (AvgIpc) is 3.34. The first kappa shape index (κ1) is 18.9. The molecule has 0 fully saturated rings. The molecule has 2 amide bonds. The zero-order valence-electron chi connectivity index (χ0n) is 16.9. The summed E-state index contributed by atoms with van der Waals surface area (Å²) in [6.07, 6.45) is 0. The first-order chi connectivity index (χ1) is 15.1. The molecule has 31 heavy (non-hydrogen) atoms. The molecule has 6 heteroatoms. The van der Waals surface area contributed by atoms with Gasteiger partial charge in [-0.2, -0.15) is 0 Å². The second-order valence-electron chi connectivity index (χ2n) is 7.49. The Labute approximate surface area is 179 Å². The predicted octanol–water partition coefficient (Wildman–Crippen LogP) is 4.12. The molecular weight excluding hydrogens is 392 g/mol. The van der Waals surface area contributed by atoms with Gasteiger partial charge >= 0.3 is 0 Å². The van der Waals surface area contributed by atoms with Gasteiger partial charge in [-0.15, -0.1) is 0 Å². The molecule has 3 aromatic carbocycles. The molecule has 0 spiro atoms. The summed E-state index contributed by atoms with van der Waals surface area (Å²) in [7, 11) is 0. The molecule has 1 N–H and O–H groups in total. The highest BCUT2D eigenvalue weighted by Gasteiger charge is 2.39. The fourth-order valence-corrected chi connectivity index (χ4v) is 3.71. The van der Waals surface area contributed by atoms with Crippen molar-refractivity contribution in [3.63, 3.8) is 0 Å². The maximum absolute atomic E-state index is 13.4. The van der Waals surface area contributed by atoms with Gasteiger partial charge in [-0.1, -0.05) is 60.2 Å². The predicted molar refractivity (Wildman–Crippen MR) is 116 cm³/mol.